The topological polar surface area (TPSA) is 0 Å². The minimum absolute atomic E-state index is 0.869. The highest BCUT2D eigenvalue weighted by atomic mass is 32.1. The molecule has 1 aromatic carbocycles. The van der Waals surface area contributed by atoms with Crippen LogP contribution >= 0.6 is 11.3 Å². The van der Waals surface area contributed by atoms with Crippen LogP contribution in [0.2, 0.25) is 0 Å². The lowest BCUT2D eigenvalue weighted by Crippen LogP contribution is -1.88. The summed E-state index contributed by atoms with van der Waals surface area (Å²) in [6.45, 7) is 0. The zero-order chi connectivity index (χ0) is 8.39. The fourth-order valence-corrected chi connectivity index (χ4v) is 1.89. The molecule has 1 heterocycles. The third kappa shape index (κ3) is 1.43. The SMILES string of the molecule is [B]c1ccc(-c2ccccc2)s1. The molecular weight excluding hydrogens is 163 g/mol. The average Bonchev–Trinajstić information content (AvgIpc) is 2.54. The Kier molecular flexibility index (Phi) is 2.00. The summed E-state index contributed by atoms with van der Waals surface area (Å²) in [5, 5.41) is 0. The van der Waals surface area contributed by atoms with E-state index in [-0.39, 0.29) is 0 Å². The van der Waals surface area contributed by atoms with Gasteiger partial charge in [0, 0.05) is 4.88 Å². The van der Waals surface area contributed by atoms with Crippen LogP contribution < -0.4 is 4.78 Å². The number of benzene rings is 1. The van der Waals surface area contributed by atoms with E-state index in [4.69, 9.17) is 7.85 Å². The molecule has 0 aliphatic carbocycles. The van der Waals surface area contributed by atoms with E-state index in [1.54, 1.807) is 11.3 Å². The van der Waals surface area contributed by atoms with Gasteiger partial charge in [-0.05, 0) is 16.4 Å². The molecule has 12 heavy (non-hydrogen) atoms. The molecule has 0 saturated heterocycles. The molecule has 0 aliphatic heterocycles. The zero-order valence-corrected chi connectivity index (χ0v) is 7.34. The summed E-state index contributed by atoms with van der Waals surface area (Å²) in [6.07, 6.45) is 0. The summed E-state index contributed by atoms with van der Waals surface area (Å²) in [5.74, 6) is 0. The molecule has 2 radical (unpaired) electrons. The van der Waals surface area contributed by atoms with Crippen molar-refractivity contribution in [1.82, 2.24) is 0 Å². The van der Waals surface area contributed by atoms with Crippen molar-refractivity contribution < 1.29 is 0 Å². The highest BCUT2D eigenvalue weighted by Gasteiger charge is 1.97. The monoisotopic (exact) mass is 170 g/mol. The van der Waals surface area contributed by atoms with Gasteiger partial charge in [0.2, 0.25) is 0 Å². The molecule has 0 bridgehead atoms. The minimum Gasteiger partial charge on any atom is -0.152 e. The van der Waals surface area contributed by atoms with E-state index in [9.17, 15) is 0 Å². The van der Waals surface area contributed by atoms with Crippen molar-refractivity contribution in [2.24, 2.45) is 0 Å². The molecule has 0 atom stereocenters. The predicted octanol–water partition coefficient (Wildman–Crippen LogP) is 2.21. The van der Waals surface area contributed by atoms with Crippen molar-refractivity contribution in [3.05, 3.63) is 42.5 Å². The second kappa shape index (κ2) is 3.15. The molecule has 0 nitrogen and oxygen atoms in total. The van der Waals surface area contributed by atoms with Crippen LogP contribution in [-0.2, 0) is 0 Å². The van der Waals surface area contributed by atoms with Gasteiger partial charge in [-0.1, -0.05) is 36.4 Å². The summed E-state index contributed by atoms with van der Waals surface area (Å²) in [7, 11) is 5.63. The summed E-state index contributed by atoms with van der Waals surface area (Å²) < 4.78 is 0.869. The Morgan fingerprint density at radius 3 is 2.25 bits per heavy atom. The summed E-state index contributed by atoms with van der Waals surface area (Å²) in [6, 6.07) is 14.2. The molecule has 0 saturated carbocycles. The maximum Gasteiger partial charge on any atom is 0.128 e. The van der Waals surface area contributed by atoms with Crippen molar-refractivity contribution in [1.29, 1.82) is 0 Å². The first kappa shape index (κ1) is 7.62. The molecular formula is C10H7BS. The Morgan fingerprint density at radius 2 is 1.67 bits per heavy atom. The van der Waals surface area contributed by atoms with E-state index in [0.29, 0.717) is 0 Å². The van der Waals surface area contributed by atoms with Crippen molar-refractivity contribution in [3.8, 4) is 10.4 Å². The van der Waals surface area contributed by atoms with Crippen LogP contribution in [-0.4, -0.2) is 7.85 Å². The normalized spacial score (nSPS) is 10.0. The fourth-order valence-electron chi connectivity index (χ4n) is 1.11. The molecule has 0 fully saturated rings. The first-order chi connectivity index (χ1) is 5.86. The summed E-state index contributed by atoms with van der Waals surface area (Å²) >= 11 is 1.62. The van der Waals surface area contributed by atoms with Crippen LogP contribution in [0.15, 0.2) is 42.5 Å². The van der Waals surface area contributed by atoms with E-state index in [2.05, 4.69) is 18.2 Å². The van der Waals surface area contributed by atoms with E-state index in [0.717, 1.165) is 4.78 Å². The molecule has 0 spiro atoms. The first-order valence-corrected chi connectivity index (χ1v) is 4.58. The van der Waals surface area contributed by atoms with Crippen LogP contribution in [0.3, 0.4) is 0 Å². The van der Waals surface area contributed by atoms with Gasteiger partial charge in [0.05, 0.1) is 0 Å². The van der Waals surface area contributed by atoms with Gasteiger partial charge in [0.25, 0.3) is 0 Å². The zero-order valence-electron chi connectivity index (χ0n) is 6.53. The van der Waals surface area contributed by atoms with Gasteiger partial charge < -0.3 is 0 Å². The Balaban J connectivity index is 2.45. The Labute approximate surface area is 77.3 Å². The summed E-state index contributed by atoms with van der Waals surface area (Å²) in [5.41, 5.74) is 1.24. The van der Waals surface area contributed by atoms with Gasteiger partial charge in [-0.2, -0.15) is 11.3 Å². The molecule has 2 rings (SSSR count). The van der Waals surface area contributed by atoms with E-state index < -0.39 is 0 Å². The first-order valence-electron chi connectivity index (χ1n) is 3.77. The maximum atomic E-state index is 5.63. The van der Waals surface area contributed by atoms with Gasteiger partial charge in [-0.25, -0.2) is 0 Å². The van der Waals surface area contributed by atoms with Crippen LogP contribution in [0.4, 0.5) is 0 Å². The molecule has 2 aromatic rings. The van der Waals surface area contributed by atoms with Crippen molar-refractivity contribution in [2.45, 2.75) is 0 Å². The maximum absolute atomic E-state index is 5.63. The standard InChI is InChI=1S/C10H7BS/c11-10-7-6-9(12-10)8-4-2-1-3-5-8/h1-7H. The third-order valence-electron chi connectivity index (χ3n) is 1.69. The second-order valence-electron chi connectivity index (χ2n) is 2.57. The molecule has 2 heteroatoms. The highest BCUT2D eigenvalue weighted by molar-refractivity contribution is 7.23. The molecule has 0 N–H and O–H groups in total. The Hall–Kier alpha value is -1.02. The van der Waals surface area contributed by atoms with Gasteiger partial charge in [0.15, 0.2) is 0 Å². The van der Waals surface area contributed by atoms with Gasteiger partial charge in [-0.15, -0.1) is 0 Å². The summed E-state index contributed by atoms with van der Waals surface area (Å²) in [4.78, 5) is 1.23. The molecule has 56 valence electrons. The van der Waals surface area contributed by atoms with Crippen LogP contribution in [0.5, 0.6) is 0 Å². The number of rotatable bonds is 1. The minimum atomic E-state index is 0.869. The number of thiophene rings is 1. The van der Waals surface area contributed by atoms with Gasteiger partial charge in [0.1, 0.15) is 7.85 Å². The van der Waals surface area contributed by atoms with Gasteiger partial charge >= 0.3 is 0 Å². The molecule has 0 aliphatic rings. The lowest BCUT2D eigenvalue weighted by Gasteiger charge is -1.93. The van der Waals surface area contributed by atoms with E-state index >= 15 is 0 Å². The molecule has 0 amide bonds. The largest absolute Gasteiger partial charge is 0.152 e. The van der Waals surface area contributed by atoms with Gasteiger partial charge in [-0.3, -0.25) is 0 Å². The van der Waals surface area contributed by atoms with Crippen molar-refractivity contribution in [3.63, 3.8) is 0 Å². The highest BCUT2D eigenvalue weighted by Crippen LogP contribution is 2.21. The Morgan fingerprint density at radius 1 is 0.917 bits per heavy atom. The lowest BCUT2D eigenvalue weighted by atomic mass is 10.1. The predicted molar refractivity (Wildman–Crippen MR) is 55.1 cm³/mol. The van der Waals surface area contributed by atoms with Crippen molar-refractivity contribution >= 4 is 24.0 Å². The van der Waals surface area contributed by atoms with E-state index in [1.807, 2.05) is 24.3 Å². The second-order valence-corrected chi connectivity index (χ2v) is 3.68. The number of hydrogen-bond donors (Lipinski definition) is 0. The van der Waals surface area contributed by atoms with E-state index in [1.165, 1.54) is 10.4 Å². The third-order valence-corrected chi connectivity index (χ3v) is 2.65. The van der Waals surface area contributed by atoms with Crippen LogP contribution in [0, 0.1) is 0 Å². The average molecular weight is 170 g/mol. The molecule has 0 unspecified atom stereocenters. The smallest absolute Gasteiger partial charge is 0.128 e. The van der Waals surface area contributed by atoms with Crippen LogP contribution in [0.25, 0.3) is 10.4 Å². The lowest BCUT2D eigenvalue weighted by molar-refractivity contribution is 1.70. The Bertz CT molecular complexity index is 364. The van der Waals surface area contributed by atoms with Crippen molar-refractivity contribution in [2.75, 3.05) is 0 Å². The quantitative estimate of drug-likeness (QED) is 0.575. The molecule has 1 aromatic heterocycles. The van der Waals surface area contributed by atoms with Crippen LogP contribution in [0.1, 0.15) is 0 Å². The fraction of sp³-hybridized carbons (Fsp3) is 0. The number of hydrogen-bond acceptors (Lipinski definition) is 1.